The predicted molar refractivity (Wildman–Crippen MR) is 64.4 cm³/mol. The van der Waals surface area contributed by atoms with Crippen molar-refractivity contribution in [3.63, 3.8) is 0 Å². The number of nitrogens with one attached hydrogen (secondary N) is 1. The highest BCUT2D eigenvalue weighted by Gasteiger charge is 2.29. The van der Waals surface area contributed by atoms with E-state index in [0.29, 0.717) is 0 Å². The summed E-state index contributed by atoms with van der Waals surface area (Å²) in [5.74, 6) is 8.42. The quantitative estimate of drug-likeness (QED) is 0.543. The van der Waals surface area contributed by atoms with Crippen LogP contribution in [0.3, 0.4) is 0 Å². The largest absolute Gasteiger partial charge is 0.329 e. The fourth-order valence-electron chi connectivity index (χ4n) is 1.74. The first-order valence-electron chi connectivity index (χ1n) is 5.25. The molecule has 1 atom stereocenters. The molecule has 2 nitrogen and oxygen atoms in total. The summed E-state index contributed by atoms with van der Waals surface area (Å²) in [4.78, 5) is 0. The summed E-state index contributed by atoms with van der Waals surface area (Å²) in [7, 11) is 0. The Labute approximate surface area is 91.4 Å². The monoisotopic (exact) mass is 212 g/mol. The van der Waals surface area contributed by atoms with E-state index in [1.165, 1.54) is 18.6 Å². The van der Waals surface area contributed by atoms with Gasteiger partial charge in [-0.25, -0.2) is 0 Å². The molecule has 80 valence electrons. The van der Waals surface area contributed by atoms with Crippen molar-refractivity contribution in [3.05, 3.63) is 0 Å². The lowest BCUT2D eigenvalue weighted by molar-refractivity contribution is 0.342. The highest BCUT2D eigenvalue weighted by atomic mass is 32.2. The number of thioether (sulfide) groups is 1. The first-order valence-corrected chi connectivity index (χ1v) is 6.41. The average Bonchev–Trinajstić information content (AvgIpc) is 2.26. The molecule has 1 heterocycles. The minimum Gasteiger partial charge on any atom is -0.329 e. The van der Waals surface area contributed by atoms with Crippen molar-refractivity contribution in [2.24, 2.45) is 5.73 Å². The van der Waals surface area contributed by atoms with Crippen molar-refractivity contribution in [1.29, 1.82) is 0 Å². The van der Waals surface area contributed by atoms with E-state index in [1.807, 2.05) is 18.7 Å². The lowest BCUT2D eigenvalue weighted by Gasteiger charge is -2.36. The van der Waals surface area contributed by atoms with Gasteiger partial charge in [-0.2, -0.15) is 11.8 Å². The highest BCUT2D eigenvalue weighted by molar-refractivity contribution is 7.99. The summed E-state index contributed by atoms with van der Waals surface area (Å²) >= 11 is 2.01. The SMILES string of the molecule is CC#CCCNC1(CN)CCCSC1. The molecule has 1 saturated heterocycles. The summed E-state index contributed by atoms with van der Waals surface area (Å²) in [6.45, 7) is 3.60. The maximum atomic E-state index is 5.84. The molecule has 0 bridgehead atoms. The van der Waals surface area contributed by atoms with Crippen molar-refractivity contribution in [2.45, 2.75) is 31.7 Å². The summed E-state index contributed by atoms with van der Waals surface area (Å²) < 4.78 is 0. The summed E-state index contributed by atoms with van der Waals surface area (Å²) in [5, 5.41) is 3.57. The van der Waals surface area contributed by atoms with Gasteiger partial charge in [-0.1, -0.05) is 0 Å². The summed E-state index contributed by atoms with van der Waals surface area (Å²) in [6, 6.07) is 0. The molecule has 0 spiro atoms. The zero-order chi connectivity index (χ0) is 10.3. The minimum atomic E-state index is 0.193. The van der Waals surface area contributed by atoms with Crippen LogP contribution in [-0.2, 0) is 0 Å². The number of hydrogen-bond donors (Lipinski definition) is 2. The second-order valence-electron chi connectivity index (χ2n) is 3.74. The van der Waals surface area contributed by atoms with Gasteiger partial charge in [0.05, 0.1) is 0 Å². The van der Waals surface area contributed by atoms with E-state index >= 15 is 0 Å². The van der Waals surface area contributed by atoms with E-state index < -0.39 is 0 Å². The molecule has 3 heteroatoms. The average molecular weight is 212 g/mol. The molecule has 0 radical (unpaired) electrons. The number of rotatable bonds is 4. The van der Waals surface area contributed by atoms with Gasteiger partial charge in [0.15, 0.2) is 0 Å². The first kappa shape index (κ1) is 11.9. The molecule has 0 aromatic heterocycles. The smallest absolute Gasteiger partial charge is 0.0395 e. The van der Waals surface area contributed by atoms with Gasteiger partial charge in [-0.05, 0) is 25.5 Å². The normalized spacial score (nSPS) is 26.7. The Hall–Kier alpha value is -0.170. The highest BCUT2D eigenvalue weighted by Crippen LogP contribution is 2.25. The van der Waals surface area contributed by atoms with Crippen LogP contribution in [-0.4, -0.2) is 30.1 Å². The molecule has 3 N–H and O–H groups in total. The van der Waals surface area contributed by atoms with Crippen LogP contribution in [0.15, 0.2) is 0 Å². The number of nitrogens with two attached hydrogens (primary N) is 1. The van der Waals surface area contributed by atoms with E-state index in [-0.39, 0.29) is 5.54 Å². The van der Waals surface area contributed by atoms with Crippen molar-refractivity contribution < 1.29 is 0 Å². The van der Waals surface area contributed by atoms with Gasteiger partial charge in [0.25, 0.3) is 0 Å². The molecule has 0 aromatic rings. The zero-order valence-electron chi connectivity index (χ0n) is 8.94. The fourth-order valence-corrected chi connectivity index (χ4v) is 2.99. The summed E-state index contributed by atoms with van der Waals surface area (Å²) in [5.41, 5.74) is 6.03. The van der Waals surface area contributed by atoms with Crippen molar-refractivity contribution >= 4 is 11.8 Å². The molecule has 1 rings (SSSR count). The van der Waals surface area contributed by atoms with E-state index in [0.717, 1.165) is 25.3 Å². The Morgan fingerprint density at radius 2 is 2.43 bits per heavy atom. The maximum Gasteiger partial charge on any atom is 0.0395 e. The topological polar surface area (TPSA) is 38.0 Å². The molecule has 0 saturated carbocycles. The third-order valence-corrected chi connectivity index (χ3v) is 3.97. The fraction of sp³-hybridized carbons (Fsp3) is 0.818. The molecule has 0 aromatic carbocycles. The van der Waals surface area contributed by atoms with Gasteiger partial charge in [0.1, 0.15) is 0 Å². The van der Waals surface area contributed by atoms with Crippen LogP contribution in [0.25, 0.3) is 0 Å². The molecule has 14 heavy (non-hydrogen) atoms. The Balaban J connectivity index is 2.31. The van der Waals surface area contributed by atoms with Crippen LogP contribution in [0.5, 0.6) is 0 Å². The molecule has 1 unspecified atom stereocenters. The lowest BCUT2D eigenvalue weighted by Crippen LogP contribution is -2.55. The van der Waals surface area contributed by atoms with Crippen LogP contribution >= 0.6 is 11.8 Å². The van der Waals surface area contributed by atoms with Gasteiger partial charge < -0.3 is 11.1 Å². The Morgan fingerprint density at radius 3 is 3.00 bits per heavy atom. The molecule has 0 amide bonds. The van der Waals surface area contributed by atoms with Crippen LogP contribution in [0, 0.1) is 11.8 Å². The van der Waals surface area contributed by atoms with Gasteiger partial charge in [-0.15, -0.1) is 11.8 Å². The Kier molecular flexibility index (Phi) is 5.39. The molecule has 1 aliphatic heterocycles. The van der Waals surface area contributed by atoms with Crippen LogP contribution in [0.4, 0.5) is 0 Å². The Bertz CT molecular complexity index is 211. The lowest BCUT2D eigenvalue weighted by atomic mass is 9.95. The second-order valence-corrected chi connectivity index (χ2v) is 4.85. The van der Waals surface area contributed by atoms with Gasteiger partial charge in [0.2, 0.25) is 0 Å². The van der Waals surface area contributed by atoms with E-state index in [4.69, 9.17) is 5.73 Å². The van der Waals surface area contributed by atoms with E-state index in [2.05, 4.69) is 17.2 Å². The molecular weight excluding hydrogens is 192 g/mol. The second kappa shape index (κ2) is 6.34. The van der Waals surface area contributed by atoms with Crippen LogP contribution in [0.2, 0.25) is 0 Å². The van der Waals surface area contributed by atoms with Crippen LogP contribution < -0.4 is 11.1 Å². The summed E-state index contributed by atoms with van der Waals surface area (Å²) in [6.07, 6.45) is 3.44. The van der Waals surface area contributed by atoms with Crippen molar-refractivity contribution in [1.82, 2.24) is 5.32 Å². The number of hydrogen-bond acceptors (Lipinski definition) is 3. The Morgan fingerprint density at radius 1 is 1.57 bits per heavy atom. The maximum absolute atomic E-state index is 5.84. The third kappa shape index (κ3) is 3.53. The van der Waals surface area contributed by atoms with E-state index in [1.54, 1.807) is 0 Å². The van der Waals surface area contributed by atoms with Crippen molar-refractivity contribution in [3.8, 4) is 11.8 Å². The zero-order valence-corrected chi connectivity index (χ0v) is 9.75. The molecular formula is C11H20N2S. The third-order valence-electron chi connectivity index (χ3n) is 2.64. The molecule has 0 aliphatic carbocycles. The first-order chi connectivity index (χ1) is 6.83. The van der Waals surface area contributed by atoms with Crippen LogP contribution in [0.1, 0.15) is 26.2 Å². The van der Waals surface area contributed by atoms with Crippen molar-refractivity contribution in [2.75, 3.05) is 24.6 Å². The van der Waals surface area contributed by atoms with E-state index in [9.17, 15) is 0 Å². The molecule has 1 aliphatic rings. The molecule has 1 fully saturated rings. The van der Waals surface area contributed by atoms with Gasteiger partial charge >= 0.3 is 0 Å². The predicted octanol–water partition coefficient (Wildman–Crippen LogP) is 1.21. The van der Waals surface area contributed by atoms with Gasteiger partial charge in [0, 0.05) is 30.8 Å². The van der Waals surface area contributed by atoms with Gasteiger partial charge in [-0.3, -0.25) is 0 Å². The minimum absolute atomic E-state index is 0.193. The standard InChI is InChI=1S/C11H20N2S/c1-2-3-4-7-13-11(9-12)6-5-8-14-10-11/h13H,4-10,12H2,1H3.